The van der Waals surface area contributed by atoms with Crippen molar-refractivity contribution >= 4 is 23.2 Å². The number of alkyl halides is 1. The average molecular weight is 315 g/mol. The largest absolute Gasteiger partial charge is 0.207 e. The third-order valence-corrected chi connectivity index (χ3v) is 3.82. The molecule has 0 heterocycles. The molecular formula is C16H14Cl2F2. The standard InChI is InChI=1S/C16H14Cl2F2/c17-10-12(6-11-2-1-3-15(19)8-11)7-13-9-14(18)4-5-16(13)20/h1-5,8-9,12H,6-7,10H2. The first-order chi connectivity index (χ1) is 9.58. The lowest BCUT2D eigenvalue weighted by atomic mass is 9.94. The van der Waals surface area contributed by atoms with Crippen molar-refractivity contribution in [3.63, 3.8) is 0 Å². The van der Waals surface area contributed by atoms with Gasteiger partial charge in [-0.25, -0.2) is 8.78 Å². The number of hydrogen-bond donors (Lipinski definition) is 0. The number of hydrogen-bond acceptors (Lipinski definition) is 0. The maximum absolute atomic E-state index is 13.7. The predicted molar refractivity (Wildman–Crippen MR) is 79.4 cm³/mol. The van der Waals surface area contributed by atoms with Crippen LogP contribution in [0.3, 0.4) is 0 Å². The van der Waals surface area contributed by atoms with Gasteiger partial charge in [-0.1, -0.05) is 23.7 Å². The first kappa shape index (κ1) is 15.3. The number of rotatable bonds is 5. The highest BCUT2D eigenvalue weighted by Crippen LogP contribution is 2.21. The Morgan fingerprint density at radius 2 is 1.80 bits per heavy atom. The van der Waals surface area contributed by atoms with Gasteiger partial charge in [-0.15, -0.1) is 11.6 Å². The molecule has 0 saturated heterocycles. The molecule has 20 heavy (non-hydrogen) atoms. The first-order valence-electron chi connectivity index (χ1n) is 6.33. The lowest BCUT2D eigenvalue weighted by Crippen LogP contribution is -2.11. The van der Waals surface area contributed by atoms with Gasteiger partial charge in [0, 0.05) is 10.9 Å². The molecule has 0 radical (unpaired) electrons. The Hall–Kier alpha value is -1.12. The van der Waals surface area contributed by atoms with Gasteiger partial charge in [0.1, 0.15) is 11.6 Å². The summed E-state index contributed by atoms with van der Waals surface area (Å²) in [6, 6.07) is 10.9. The molecule has 2 aromatic rings. The smallest absolute Gasteiger partial charge is 0.126 e. The summed E-state index contributed by atoms with van der Waals surface area (Å²) in [5.41, 5.74) is 1.40. The summed E-state index contributed by atoms with van der Waals surface area (Å²) in [5, 5.41) is 0.500. The van der Waals surface area contributed by atoms with Crippen LogP contribution in [0.4, 0.5) is 8.78 Å². The molecule has 1 atom stereocenters. The van der Waals surface area contributed by atoms with Gasteiger partial charge in [0.15, 0.2) is 0 Å². The number of halogens is 4. The molecule has 0 aliphatic rings. The highest BCUT2D eigenvalue weighted by Gasteiger charge is 2.13. The summed E-state index contributed by atoms with van der Waals surface area (Å²) < 4.78 is 26.9. The number of benzene rings is 2. The fourth-order valence-electron chi connectivity index (χ4n) is 2.19. The molecule has 0 aromatic heterocycles. The Balaban J connectivity index is 2.11. The molecule has 2 aromatic carbocycles. The quantitative estimate of drug-likeness (QED) is 0.660. The van der Waals surface area contributed by atoms with Crippen molar-refractivity contribution in [1.29, 1.82) is 0 Å². The summed E-state index contributed by atoms with van der Waals surface area (Å²) in [6.07, 6.45) is 1.08. The Morgan fingerprint density at radius 1 is 1.00 bits per heavy atom. The molecule has 0 spiro atoms. The van der Waals surface area contributed by atoms with Gasteiger partial charge in [-0.3, -0.25) is 0 Å². The van der Waals surface area contributed by atoms with Crippen LogP contribution in [0.2, 0.25) is 5.02 Å². The molecule has 4 heteroatoms. The van der Waals surface area contributed by atoms with E-state index in [1.165, 1.54) is 24.3 Å². The second kappa shape index (κ2) is 7.05. The van der Waals surface area contributed by atoms with Crippen molar-refractivity contribution in [2.24, 2.45) is 5.92 Å². The van der Waals surface area contributed by atoms with E-state index in [1.54, 1.807) is 12.1 Å². The van der Waals surface area contributed by atoms with Gasteiger partial charge in [0.25, 0.3) is 0 Å². The van der Waals surface area contributed by atoms with Crippen LogP contribution in [0.5, 0.6) is 0 Å². The van der Waals surface area contributed by atoms with E-state index in [-0.39, 0.29) is 17.6 Å². The lowest BCUT2D eigenvalue weighted by molar-refractivity contribution is 0.544. The minimum atomic E-state index is -0.288. The Kier molecular flexibility index (Phi) is 5.38. The van der Waals surface area contributed by atoms with Gasteiger partial charge < -0.3 is 0 Å². The minimum absolute atomic E-state index is 0.0337. The summed E-state index contributed by atoms with van der Waals surface area (Å²) in [4.78, 5) is 0. The van der Waals surface area contributed by atoms with E-state index in [1.807, 2.05) is 6.07 Å². The summed E-state index contributed by atoms with van der Waals surface area (Å²) >= 11 is 11.8. The van der Waals surface area contributed by atoms with Crippen LogP contribution in [-0.4, -0.2) is 5.88 Å². The van der Waals surface area contributed by atoms with E-state index in [0.29, 0.717) is 29.3 Å². The fourth-order valence-corrected chi connectivity index (χ4v) is 2.60. The molecule has 0 aliphatic heterocycles. The van der Waals surface area contributed by atoms with Crippen molar-refractivity contribution in [3.8, 4) is 0 Å². The monoisotopic (exact) mass is 314 g/mol. The molecular weight excluding hydrogens is 301 g/mol. The van der Waals surface area contributed by atoms with E-state index < -0.39 is 0 Å². The molecule has 0 saturated carbocycles. The molecule has 0 fully saturated rings. The molecule has 0 aliphatic carbocycles. The van der Waals surface area contributed by atoms with Crippen LogP contribution >= 0.6 is 23.2 Å². The highest BCUT2D eigenvalue weighted by molar-refractivity contribution is 6.30. The van der Waals surface area contributed by atoms with E-state index in [9.17, 15) is 8.78 Å². The van der Waals surface area contributed by atoms with E-state index in [4.69, 9.17) is 23.2 Å². The Morgan fingerprint density at radius 3 is 2.50 bits per heavy atom. The first-order valence-corrected chi connectivity index (χ1v) is 7.24. The van der Waals surface area contributed by atoms with Crippen LogP contribution < -0.4 is 0 Å². The SMILES string of the molecule is Fc1cccc(CC(CCl)Cc2cc(Cl)ccc2F)c1. The Bertz CT molecular complexity index is 584. The second-order valence-corrected chi connectivity index (χ2v) is 5.54. The van der Waals surface area contributed by atoms with Crippen LogP contribution in [0.25, 0.3) is 0 Å². The zero-order chi connectivity index (χ0) is 14.5. The highest BCUT2D eigenvalue weighted by atomic mass is 35.5. The van der Waals surface area contributed by atoms with Gasteiger partial charge in [0.2, 0.25) is 0 Å². The summed E-state index contributed by atoms with van der Waals surface area (Å²) in [6.45, 7) is 0. The maximum Gasteiger partial charge on any atom is 0.126 e. The zero-order valence-corrected chi connectivity index (χ0v) is 12.3. The Labute approximate surface area is 127 Å². The van der Waals surface area contributed by atoms with Crippen LogP contribution in [0, 0.1) is 17.6 Å². The summed E-state index contributed by atoms with van der Waals surface area (Å²) in [5.74, 6) is -0.150. The van der Waals surface area contributed by atoms with Gasteiger partial charge in [0.05, 0.1) is 0 Å². The van der Waals surface area contributed by atoms with Gasteiger partial charge in [-0.2, -0.15) is 0 Å². The van der Waals surface area contributed by atoms with E-state index in [2.05, 4.69) is 0 Å². The zero-order valence-electron chi connectivity index (χ0n) is 10.8. The van der Waals surface area contributed by atoms with Gasteiger partial charge in [-0.05, 0) is 60.2 Å². The molecule has 2 rings (SSSR count). The third kappa shape index (κ3) is 4.19. The molecule has 0 N–H and O–H groups in total. The van der Waals surface area contributed by atoms with Crippen molar-refractivity contribution in [2.75, 3.05) is 5.88 Å². The summed E-state index contributed by atoms with van der Waals surface area (Å²) in [7, 11) is 0. The van der Waals surface area contributed by atoms with Crippen molar-refractivity contribution in [2.45, 2.75) is 12.8 Å². The van der Waals surface area contributed by atoms with Crippen molar-refractivity contribution < 1.29 is 8.78 Å². The predicted octanol–water partition coefficient (Wildman–Crippen LogP) is 5.26. The third-order valence-electron chi connectivity index (χ3n) is 3.15. The van der Waals surface area contributed by atoms with Crippen molar-refractivity contribution in [3.05, 3.63) is 70.2 Å². The van der Waals surface area contributed by atoms with Crippen LogP contribution in [-0.2, 0) is 12.8 Å². The molecule has 106 valence electrons. The molecule has 0 bridgehead atoms. The fraction of sp³-hybridized carbons (Fsp3) is 0.250. The second-order valence-electron chi connectivity index (χ2n) is 4.79. The van der Waals surface area contributed by atoms with E-state index in [0.717, 1.165) is 5.56 Å². The normalized spacial score (nSPS) is 12.4. The van der Waals surface area contributed by atoms with Crippen LogP contribution in [0.1, 0.15) is 11.1 Å². The van der Waals surface area contributed by atoms with Gasteiger partial charge >= 0.3 is 0 Å². The lowest BCUT2D eigenvalue weighted by Gasteiger charge is -2.15. The maximum atomic E-state index is 13.7. The van der Waals surface area contributed by atoms with Crippen molar-refractivity contribution in [1.82, 2.24) is 0 Å². The average Bonchev–Trinajstić information content (AvgIpc) is 2.42. The topological polar surface area (TPSA) is 0 Å². The molecule has 0 nitrogen and oxygen atoms in total. The molecule has 0 amide bonds. The van der Waals surface area contributed by atoms with Crippen LogP contribution in [0.15, 0.2) is 42.5 Å². The molecule has 1 unspecified atom stereocenters. The minimum Gasteiger partial charge on any atom is -0.207 e. The van der Waals surface area contributed by atoms with E-state index >= 15 is 0 Å².